The minimum absolute atomic E-state index is 0.0783. The molecule has 0 aromatic carbocycles. The Morgan fingerprint density at radius 1 is 1.30 bits per heavy atom. The van der Waals surface area contributed by atoms with Gasteiger partial charge in [0, 0.05) is 21.8 Å². The Hall–Kier alpha value is -2.63. The summed E-state index contributed by atoms with van der Waals surface area (Å²) in [7, 11) is 0. The van der Waals surface area contributed by atoms with Crippen LogP contribution in [0.3, 0.4) is 0 Å². The number of alkyl halides is 3. The van der Waals surface area contributed by atoms with Crippen LogP contribution in [0.1, 0.15) is 61.3 Å². The molecule has 2 rings (SSSR count). The number of amides is 1. The van der Waals surface area contributed by atoms with Crippen molar-refractivity contribution in [3.63, 3.8) is 0 Å². The maximum atomic E-state index is 13.7. The number of hydrogen-bond donors (Lipinski definition) is 2. The highest BCUT2D eigenvalue weighted by atomic mass is 79.9. The second kappa shape index (κ2) is 11.0. The molecule has 1 unspecified atom stereocenters. The van der Waals surface area contributed by atoms with Gasteiger partial charge in [0.15, 0.2) is 11.8 Å². The van der Waals surface area contributed by atoms with Gasteiger partial charge in [-0.25, -0.2) is 9.59 Å². The number of likely N-dealkylation sites (tertiary alicyclic amines) is 1. The monoisotopic (exact) mass is 591 g/mol. The SMILES string of the molecule is CCOC(=O)C(N/C=C1\C(=N)C(C)=C(Br)C=C1C(F)(F)F)C(=O)[C@@H]1CCC(C)(C)N1C(=O)OC(C)(C)C. The largest absolute Gasteiger partial charge is 0.464 e. The van der Waals surface area contributed by atoms with Crippen LogP contribution in [0.25, 0.3) is 0 Å². The van der Waals surface area contributed by atoms with Gasteiger partial charge < -0.3 is 14.8 Å². The van der Waals surface area contributed by atoms with E-state index in [1.165, 1.54) is 18.7 Å². The van der Waals surface area contributed by atoms with Crippen molar-refractivity contribution in [2.24, 2.45) is 0 Å². The van der Waals surface area contributed by atoms with E-state index in [1.807, 2.05) is 0 Å². The maximum absolute atomic E-state index is 13.7. The zero-order chi connectivity index (χ0) is 28.5. The van der Waals surface area contributed by atoms with Crippen molar-refractivity contribution in [2.75, 3.05) is 6.61 Å². The molecule has 1 saturated heterocycles. The lowest BCUT2D eigenvalue weighted by molar-refractivity contribution is -0.149. The molecular formula is C25H33BrF3N3O5. The summed E-state index contributed by atoms with van der Waals surface area (Å²) >= 11 is 3.03. The van der Waals surface area contributed by atoms with Crippen LogP contribution in [0.15, 0.2) is 33.5 Å². The number of rotatable bonds is 6. The van der Waals surface area contributed by atoms with E-state index in [1.54, 1.807) is 34.6 Å². The molecule has 0 aromatic rings. The number of esters is 1. The molecule has 0 spiro atoms. The zero-order valence-electron chi connectivity index (χ0n) is 21.9. The van der Waals surface area contributed by atoms with E-state index in [9.17, 15) is 27.6 Å². The Morgan fingerprint density at radius 2 is 1.89 bits per heavy atom. The molecule has 1 aliphatic heterocycles. The number of allylic oxidation sites excluding steroid dienone is 5. The van der Waals surface area contributed by atoms with Crippen LogP contribution < -0.4 is 5.32 Å². The van der Waals surface area contributed by atoms with Crippen LogP contribution in [0.5, 0.6) is 0 Å². The third-order valence-electron chi connectivity index (χ3n) is 5.98. The van der Waals surface area contributed by atoms with Crippen molar-refractivity contribution in [3.8, 4) is 0 Å². The van der Waals surface area contributed by atoms with Crippen LogP contribution in [-0.4, -0.2) is 64.5 Å². The van der Waals surface area contributed by atoms with Gasteiger partial charge >= 0.3 is 18.2 Å². The summed E-state index contributed by atoms with van der Waals surface area (Å²) in [6, 6.07) is -2.79. The number of ether oxygens (including phenoxy) is 2. The molecule has 1 heterocycles. The molecule has 2 N–H and O–H groups in total. The average Bonchev–Trinajstić information content (AvgIpc) is 3.06. The molecule has 2 atom stereocenters. The molecule has 206 valence electrons. The number of halogens is 4. The van der Waals surface area contributed by atoms with Gasteiger partial charge in [0.05, 0.1) is 23.9 Å². The molecule has 1 fully saturated rings. The number of nitrogens with zero attached hydrogens (tertiary/aromatic N) is 1. The van der Waals surface area contributed by atoms with Crippen molar-refractivity contribution in [3.05, 3.63) is 33.5 Å². The van der Waals surface area contributed by atoms with E-state index < -0.39 is 64.1 Å². The molecule has 2 aliphatic rings. The smallest absolute Gasteiger partial charge is 0.417 e. The molecule has 37 heavy (non-hydrogen) atoms. The summed E-state index contributed by atoms with van der Waals surface area (Å²) in [6.07, 6.45) is -3.21. The van der Waals surface area contributed by atoms with Crippen LogP contribution in [0.2, 0.25) is 0 Å². The Labute approximate surface area is 222 Å². The average molecular weight is 592 g/mol. The fraction of sp³-hybridized carbons (Fsp3) is 0.600. The first-order valence-corrected chi connectivity index (χ1v) is 12.5. The third kappa shape index (κ3) is 7.03. The fourth-order valence-corrected chi connectivity index (χ4v) is 4.55. The van der Waals surface area contributed by atoms with Crippen LogP contribution in [0.4, 0.5) is 18.0 Å². The summed E-state index contributed by atoms with van der Waals surface area (Å²) in [4.78, 5) is 40.7. The molecule has 0 saturated carbocycles. The highest BCUT2D eigenvalue weighted by Crippen LogP contribution is 2.39. The molecule has 0 bridgehead atoms. The maximum Gasteiger partial charge on any atom is 0.417 e. The molecule has 8 nitrogen and oxygen atoms in total. The molecule has 12 heteroatoms. The standard InChI is InChI=1S/C25H33BrF3N3O5/c1-8-36-21(34)19(31-12-14-15(25(27,28)29)11-16(26)13(2)18(14)30)20(33)17-9-10-24(6,7)32(17)22(35)37-23(3,4)5/h11-12,17,19,30-31H,8-10H2,1-7H3/b14-12-,30-18?/t17-,19?/m0/s1. The van der Waals surface area contributed by atoms with Crippen molar-refractivity contribution < 1.29 is 37.0 Å². The van der Waals surface area contributed by atoms with Gasteiger partial charge in [-0.2, -0.15) is 13.2 Å². The second-order valence-corrected chi connectivity index (χ2v) is 11.3. The van der Waals surface area contributed by atoms with E-state index in [2.05, 4.69) is 21.2 Å². The van der Waals surface area contributed by atoms with Crippen molar-refractivity contribution in [1.29, 1.82) is 5.41 Å². The predicted molar refractivity (Wildman–Crippen MR) is 135 cm³/mol. The van der Waals surface area contributed by atoms with Gasteiger partial charge in [-0.3, -0.25) is 15.1 Å². The number of hydrogen-bond acceptors (Lipinski definition) is 7. The number of carbonyl (C=O) groups excluding carboxylic acids is 3. The van der Waals surface area contributed by atoms with Gasteiger partial charge in [0.1, 0.15) is 5.60 Å². The molecule has 0 aromatic heterocycles. The first kappa shape index (κ1) is 30.6. The van der Waals surface area contributed by atoms with Crippen LogP contribution in [-0.2, 0) is 19.1 Å². The van der Waals surface area contributed by atoms with E-state index in [-0.39, 0.29) is 23.1 Å². The Bertz CT molecular complexity index is 1070. The number of nitrogens with one attached hydrogen (secondary N) is 2. The van der Waals surface area contributed by atoms with Crippen molar-refractivity contribution in [1.82, 2.24) is 10.2 Å². The zero-order valence-corrected chi connectivity index (χ0v) is 23.5. The summed E-state index contributed by atoms with van der Waals surface area (Å²) in [6.45, 7) is 11.5. The summed E-state index contributed by atoms with van der Waals surface area (Å²) in [5.74, 6) is -1.76. The van der Waals surface area contributed by atoms with E-state index in [4.69, 9.17) is 14.9 Å². The van der Waals surface area contributed by atoms with Crippen LogP contribution >= 0.6 is 15.9 Å². The Kier molecular flexibility index (Phi) is 9.10. The minimum atomic E-state index is -4.80. The van der Waals surface area contributed by atoms with Gasteiger partial charge in [-0.05, 0) is 73.0 Å². The Morgan fingerprint density at radius 3 is 2.41 bits per heavy atom. The molecule has 1 aliphatic carbocycles. The lowest BCUT2D eigenvalue weighted by atomic mass is 9.91. The summed E-state index contributed by atoms with van der Waals surface area (Å²) in [5, 5.41) is 10.7. The topological polar surface area (TPSA) is 109 Å². The van der Waals surface area contributed by atoms with Crippen molar-refractivity contribution in [2.45, 2.75) is 90.7 Å². The summed E-state index contributed by atoms with van der Waals surface area (Å²) < 4.78 is 51.8. The van der Waals surface area contributed by atoms with Gasteiger partial charge in [-0.15, -0.1) is 0 Å². The van der Waals surface area contributed by atoms with Gasteiger partial charge in [0.2, 0.25) is 0 Å². The van der Waals surface area contributed by atoms with Gasteiger partial charge in [0.25, 0.3) is 0 Å². The highest BCUT2D eigenvalue weighted by Gasteiger charge is 2.50. The first-order chi connectivity index (χ1) is 16.8. The quantitative estimate of drug-likeness (QED) is 0.319. The molecule has 1 amide bonds. The van der Waals surface area contributed by atoms with E-state index in [0.717, 1.165) is 12.3 Å². The van der Waals surface area contributed by atoms with Gasteiger partial charge in [-0.1, -0.05) is 15.9 Å². The highest BCUT2D eigenvalue weighted by molar-refractivity contribution is 9.12. The minimum Gasteiger partial charge on any atom is -0.464 e. The molecular weight excluding hydrogens is 559 g/mol. The lowest BCUT2D eigenvalue weighted by Gasteiger charge is -2.37. The predicted octanol–water partition coefficient (Wildman–Crippen LogP) is 5.33. The second-order valence-electron chi connectivity index (χ2n) is 10.4. The number of ketones is 1. The van der Waals surface area contributed by atoms with Crippen LogP contribution in [0, 0.1) is 5.41 Å². The first-order valence-electron chi connectivity index (χ1n) is 11.8. The normalized spacial score (nSPS) is 22.1. The van der Waals surface area contributed by atoms with Crippen molar-refractivity contribution >= 4 is 39.5 Å². The number of carbonyl (C=O) groups is 3. The Balaban J connectivity index is 2.48. The fourth-order valence-electron chi connectivity index (χ4n) is 4.12. The summed E-state index contributed by atoms with van der Waals surface area (Å²) in [5.41, 5.74) is -3.45. The number of Topliss-reactive ketones (excluding diaryl/α,β-unsaturated/α-hetero) is 1. The molecule has 0 radical (unpaired) electrons. The third-order valence-corrected chi connectivity index (χ3v) is 6.81. The van der Waals surface area contributed by atoms with E-state index in [0.29, 0.717) is 6.42 Å². The lowest BCUT2D eigenvalue weighted by Crippen LogP contribution is -2.56. The van der Waals surface area contributed by atoms with E-state index >= 15 is 0 Å².